The van der Waals surface area contributed by atoms with Crippen molar-refractivity contribution >= 4 is 17.6 Å². The Morgan fingerprint density at radius 3 is 2.56 bits per heavy atom. The Balaban J connectivity index is 2.04. The molecule has 166 valence electrons. The molecule has 7 nitrogen and oxygen atoms in total. The zero-order valence-electron chi connectivity index (χ0n) is 19.0. The number of aryl methyl sites for hydroxylation is 2. The van der Waals surface area contributed by atoms with Gasteiger partial charge in [0.25, 0.3) is 5.91 Å². The van der Waals surface area contributed by atoms with Crippen molar-refractivity contribution in [1.29, 1.82) is 5.26 Å². The predicted molar refractivity (Wildman–Crippen MR) is 119 cm³/mol. The lowest BCUT2D eigenvalue weighted by molar-refractivity contribution is -0.161. The number of ether oxygens (including phenoxy) is 2. The number of hydrogen-bond acceptors (Lipinski definition) is 6. The van der Waals surface area contributed by atoms with Gasteiger partial charge < -0.3 is 14.8 Å². The van der Waals surface area contributed by atoms with Gasteiger partial charge in [0.2, 0.25) is 0 Å². The number of carbonyl (C=O) groups is 2. The zero-order chi connectivity index (χ0) is 23.3. The first-order valence-electron chi connectivity index (χ1n) is 10.6. The fourth-order valence-electron chi connectivity index (χ4n) is 5.55. The second-order valence-electron chi connectivity index (χ2n) is 8.52. The average Bonchev–Trinajstić information content (AvgIpc) is 3.22. The van der Waals surface area contributed by atoms with E-state index in [-0.39, 0.29) is 12.5 Å². The van der Waals surface area contributed by atoms with Crippen molar-refractivity contribution < 1.29 is 19.1 Å². The van der Waals surface area contributed by atoms with Crippen LogP contribution in [0.15, 0.2) is 36.4 Å². The molecule has 2 aliphatic rings. The van der Waals surface area contributed by atoms with Crippen molar-refractivity contribution in [3.8, 4) is 11.8 Å². The molecule has 4 rings (SSSR count). The van der Waals surface area contributed by atoms with Crippen LogP contribution in [0.2, 0.25) is 0 Å². The number of nitrogens with zero attached hydrogens (tertiary/aromatic N) is 2. The first kappa shape index (κ1) is 21.8. The van der Waals surface area contributed by atoms with Gasteiger partial charge in [0.1, 0.15) is 5.75 Å². The quantitative estimate of drug-likeness (QED) is 0.744. The highest BCUT2D eigenvalue weighted by Crippen LogP contribution is 2.62. The van der Waals surface area contributed by atoms with Gasteiger partial charge in [-0.3, -0.25) is 14.5 Å². The van der Waals surface area contributed by atoms with Gasteiger partial charge in [-0.1, -0.05) is 29.8 Å². The molecule has 7 heteroatoms. The van der Waals surface area contributed by atoms with Gasteiger partial charge in [-0.05, 0) is 51.1 Å². The molecule has 3 atom stereocenters. The Kier molecular flexibility index (Phi) is 5.22. The number of benzene rings is 2. The van der Waals surface area contributed by atoms with Gasteiger partial charge in [0, 0.05) is 23.7 Å². The van der Waals surface area contributed by atoms with Crippen LogP contribution in [-0.2, 0) is 19.9 Å². The van der Waals surface area contributed by atoms with Crippen molar-refractivity contribution in [3.05, 3.63) is 58.7 Å². The summed E-state index contributed by atoms with van der Waals surface area (Å²) >= 11 is 0. The molecule has 2 aromatic rings. The Hall–Kier alpha value is -3.37. The van der Waals surface area contributed by atoms with Gasteiger partial charge >= 0.3 is 5.97 Å². The minimum absolute atomic E-state index is 0.110. The molecular formula is C25H27N3O4. The van der Waals surface area contributed by atoms with E-state index >= 15 is 0 Å². The summed E-state index contributed by atoms with van der Waals surface area (Å²) in [5.74, 6) is -0.979. The molecule has 2 aliphatic heterocycles. The summed E-state index contributed by atoms with van der Waals surface area (Å²) in [6.45, 7) is 6.00. The maximum Gasteiger partial charge on any atom is 0.330 e. The minimum atomic E-state index is -1.78. The summed E-state index contributed by atoms with van der Waals surface area (Å²) in [4.78, 5) is 29.3. The Morgan fingerprint density at radius 2 is 1.97 bits per heavy atom. The summed E-state index contributed by atoms with van der Waals surface area (Å²) in [5.41, 5.74) is 0.637. The summed E-state index contributed by atoms with van der Waals surface area (Å²) in [5, 5.41) is 13.7. The molecule has 1 fully saturated rings. The number of fused-ring (bicyclic) bond motifs is 2. The molecule has 0 unspecified atom stereocenters. The van der Waals surface area contributed by atoms with E-state index in [9.17, 15) is 14.9 Å². The molecule has 2 aromatic carbocycles. The van der Waals surface area contributed by atoms with E-state index in [0.29, 0.717) is 23.5 Å². The highest BCUT2D eigenvalue weighted by molar-refractivity contribution is 6.11. The Labute approximate surface area is 187 Å². The average molecular weight is 434 g/mol. The van der Waals surface area contributed by atoms with Crippen LogP contribution in [0, 0.1) is 30.6 Å². The van der Waals surface area contributed by atoms with E-state index in [4.69, 9.17) is 9.47 Å². The first-order chi connectivity index (χ1) is 15.3. The molecule has 0 radical (unpaired) electrons. The number of anilines is 1. The molecule has 1 saturated heterocycles. The molecule has 0 bridgehead atoms. The lowest BCUT2D eigenvalue weighted by atomic mass is 9.61. The number of nitrogens with one attached hydrogen (secondary N) is 1. The number of hydrogen-bond donors (Lipinski definition) is 1. The molecule has 0 aliphatic carbocycles. The monoisotopic (exact) mass is 433 g/mol. The number of likely N-dealkylation sites (N-methyl/N-ethyl adjacent to an activating group) is 1. The molecule has 0 aromatic heterocycles. The third kappa shape index (κ3) is 2.63. The first-order valence-corrected chi connectivity index (χ1v) is 10.6. The van der Waals surface area contributed by atoms with E-state index in [1.54, 1.807) is 33.2 Å². The fraction of sp³-hybridized carbons (Fsp3) is 0.400. The number of amides is 1. The second kappa shape index (κ2) is 7.64. The normalized spacial score (nSPS) is 26.5. The lowest BCUT2D eigenvalue weighted by Crippen LogP contribution is -2.58. The van der Waals surface area contributed by atoms with Crippen LogP contribution in [-0.4, -0.2) is 44.1 Å². The molecule has 0 saturated carbocycles. The highest BCUT2D eigenvalue weighted by atomic mass is 16.5. The van der Waals surface area contributed by atoms with Crippen LogP contribution in [0.5, 0.6) is 5.75 Å². The highest BCUT2D eigenvalue weighted by Gasteiger charge is 2.75. The van der Waals surface area contributed by atoms with E-state index in [2.05, 4.69) is 11.4 Å². The van der Waals surface area contributed by atoms with Crippen LogP contribution in [0.1, 0.15) is 35.1 Å². The molecule has 1 spiro atoms. The maximum absolute atomic E-state index is 13.8. The van der Waals surface area contributed by atoms with Crippen molar-refractivity contribution in [2.75, 3.05) is 32.6 Å². The van der Waals surface area contributed by atoms with E-state index < -0.39 is 22.8 Å². The molecule has 2 heterocycles. The van der Waals surface area contributed by atoms with E-state index in [1.807, 2.05) is 43.0 Å². The van der Waals surface area contributed by atoms with Gasteiger partial charge in [-0.25, -0.2) is 0 Å². The second-order valence-corrected chi connectivity index (χ2v) is 8.52. The van der Waals surface area contributed by atoms with Crippen LogP contribution in [0.4, 0.5) is 5.69 Å². The Bertz CT molecular complexity index is 1140. The minimum Gasteiger partial charge on any atom is -0.497 e. The predicted octanol–water partition coefficient (Wildman–Crippen LogP) is 3.26. The van der Waals surface area contributed by atoms with Gasteiger partial charge in [0.05, 0.1) is 19.8 Å². The maximum atomic E-state index is 13.8. The molecule has 1 N–H and O–H groups in total. The summed E-state index contributed by atoms with van der Waals surface area (Å²) < 4.78 is 10.8. The van der Waals surface area contributed by atoms with Crippen molar-refractivity contribution in [3.63, 3.8) is 0 Å². The van der Waals surface area contributed by atoms with Crippen LogP contribution in [0.3, 0.4) is 0 Å². The number of nitriles is 1. The summed E-state index contributed by atoms with van der Waals surface area (Å²) in [6.07, 6.45) is 0. The van der Waals surface area contributed by atoms with E-state index in [1.165, 1.54) is 0 Å². The summed E-state index contributed by atoms with van der Waals surface area (Å²) in [6, 6.07) is 13.5. The number of rotatable bonds is 4. The number of likely N-dealkylation sites (tertiary alicyclic amines) is 1. The Morgan fingerprint density at radius 1 is 1.28 bits per heavy atom. The van der Waals surface area contributed by atoms with Crippen LogP contribution in [0.25, 0.3) is 0 Å². The number of carbonyl (C=O) groups excluding carboxylic acids is 2. The smallest absolute Gasteiger partial charge is 0.330 e. The van der Waals surface area contributed by atoms with Crippen molar-refractivity contribution in [2.24, 2.45) is 5.41 Å². The van der Waals surface area contributed by atoms with Crippen molar-refractivity contribution in [1.82, 2.24) is 4.90 Å². The van der Waals surface area contributed by atoms with Crippen LogP contribution < -0.4 is 10.1 Å². The van der Waals surface area contributed by atoms with Gasteiger partial charge in [-0.2, -0.15) is 5.26 Å². The SMILES string of the molecule is CCOC(=O)[C@]1(C#N)[C@@H](c2ccc(OC)cc2)CN(C)[C@@]12C(=O)Nc1c(C)cc(C)cc12. The summed E-state index contributed by atoms with van der Waals surface area (Å²) in [7, 11) is 3.37. The molecular weight excluding hydrogens is 406 g/mol. The third-order valence-corrected chi connectivity index (χ3v) is 6.85. The van der Waals surface area contributed by atoms with Gasteiger partial charge in [-0.15, -0.1) is 0 Å². The third-order valence-electron chi connectivity index (χ3n) is 6.85. The van der Waals surface area contributed by atoms with Gasteiger partial charge in [0.15, 0.2) is 11.0 Å². The number of methoxy groups -OCH3 is 1. The zero-order valence-corrected chi connectivity index (χ0v) is 19.0. The molecule has 1 amide bonds. The standard InChI is InChI=1S/C25H27N3O4/c1-6-32-23(30)24(14-26)20(17-7-9-18(31-5)10-8-17)13-28(4)25(24)19-12-15(2)11-16(3)21(19)27-22(25)29/h7-12,20H,6,13H2,1-5H3,(H,27,29)/t20-,24+,25+/m1/s1. The van der Waals surface area contributed by atoms with E-state index in [0.717, 1.165) is 16.7 Å². The van der Waals surface area contributed by atoms with Crippen LogP contribution >= 0.6 is 0 Å². The number of esters is 1. The van der Waals surface area contributed by atoms with Crippen molar-refractivity contribution in [2.45, 2.75) is 32.2 Å². The molecule has 32 heavy (non-hydrogen) atoms. The topological polar surface area (TPSA) is 91.7 Å². The largest absolute Gasteiger partial charge is 0.497 e. The fourth-order valence-corrected chi connectivity index (χ4v) is 5.55. The lowest BCUT2D eigenvalue weighted by Gasteiger charge is -2.40.